The van der Waals surface area contributed by atoms with Gasteiger partial charge >= 0.3 is 0 Å². The van der Waals surface area contributed by atoms with Crippen molar-refractivity contribution in [3.05, 3.63) is 29.6 Å². The molecule has 21 heavy (non-hydrogen) atoms. The maximum Gasteiger partial charge on any atom is 0.0599 e. The Hall–Kier alpha value is -0.970. The van der Waals surface area contributed by atoms with Crippen molar-refractivity contribution in [1.82, 2.24) is 15.2 Å². The van der Waals surface area contributed by atoms with E-state index in [4.69, 9.17) is 9.72 Å². The highest BCUT2D eigenvalue weighted by atomic mass is 16.5. The molecule has 1 saturated carbocycles. The van der Waals surface area contributed by atoms with Crippen LogP contribution in [0.5, 0.6) is 0 Å². The second kappa shape index (κ2) is 7.34. The first-order valence-corrected chi connectivity index (χ1v) is 8.35. The number of piperidine rings is 1. The Morgan fingerprint density at radius 2 is 1.95 bits per heavy atom. The van der Waals surface area contributed by atoms with Gasteiger partial charge in [0.1, 0.15) is 0 Å². The minimum absolute atomic E-state index is 0.466. The van der Waals surface area contributed by atoms with Crippen LogP contribution in [0.3, 0.4) is 0 Å². The van der Waals surface area contributed by atoms with Crippen molar-refractivity contribution in [1.29, 1.82) is 0 Å². The molecule has 1 aromatic heterocycles. The lowest BCUT2D eigenvalue weighted by Gasteiger charge is -2.31. The molecule has 2 heterocycles. The quantitative estimate of drug-likeness (QED) is 0.836. The summed E-state index contributed by atoms with van der Waals surface area (Å²) in [5.74, 6) is 0. The summed E-state index contributed by atoms with van der Waals surface area (Å²) in [5, 5.41) is 3.53. The van der Waals surface area contributed by atoms with Crippen molar-refractivity contribution in [2.24, 2.45) is 0 Å². The van der Waals surface area contributed by atoms with Crippen LogP contribution in [-0.2, 0) is 17.8 Å². The Morgan fingerprint density at radius 1 is 1.19 bits per heavy atom. The van der Waals surface area contributed by atoms with Gasteiger partial charge in [0.25, 0.3) is 0 Å². The van der Waals surface area contributed by atoms with Gasteiger partial charge in [-0.1, -0.05) is 6.07 Å². The zero-order chi connectivity index (χ0) is 14.5. The largest absolute Gasteiger partial charge is 0.378 e. The van der Waals surface area contributed by atoms with Crippen LogP contribution in [0.1, 0.15) is 44.0 Å². The van der Waals surface area contributed by atoms with Gasteiger partial charge in [0.2, 0.25) is 0 Å². The Labute approximate surface area is 127 Å². The molecule has 1 aliphatic heterocycles. The van der Waals surface area contributed by atoms with E-state index in [0.717, 1.165) is 51.7 Å². The van der Waals surface area contributed by atoms with E-state index in [2.05, 4.69) is 35.3 Å². The van der Waals surface area contributed by atoms with Crippen molar-refractivity contribution in [2.75, 3.05) is 19.7 Å². The Kier molecular flexibility index (Phi) is 5.22. The van der Waals surface area contributed by atoms with E-state index >= 15 is 0 Å². The van der Waals surface area contributed by atoms with E-state index in [9.17, 15) is 0 Å². The fraction of sp³-hybridized carbons (Fsp3) is 0.706. The lowest BCUT2D eigenvalue weighted by Crippen LogP contribution is -2.36. The van der Waals surface area contributed by atoms with E-state index in [1.54, 1.807) is 0 Å². The number of pyridine rings is 1. The van der Waals surface area contributed by atoms with E-state index < -0.39 is 0 Å². The van der Waals surface area contributed by atoms with Crippen LogP contribution in [0.15, 0.2) is 18.2 Å². The first-order valence-electron chi connectivity index (χ1n) is 8.35. The average molecular weight is 289 g/mol. The van der Waals surface area contributed by atoms with Crippen LogP contribution in [0, 0.1) is 0 Å². The summed E-state index contributed by atoms with van der Waals surface area (Å²) in [5.41, 5.74) is 2.36. The summed E-state index contributed by atoms with van der Waals surface area (Å²) < 4.78 is 5.71. The first kappa shape index (κ1) is 14.9. The SMILES string of the molecule is CCOC1CCN(Cc2cccc(CNC3CC3)n2)CC1. The number of nitrogens with zero attached hydrogens (tertiary/aromatic N) is 2. The van der Waals surface area contributed by atoms with Crippen LogP contribution in [-0.4, -0.2) is 41.7 Å². The van der Waals surface area contributed by atoms with Gasteiger partial charge in [0.15, 0.2) is 0 Å². The highest BCUT2D eigenvalue weighted by Gasteiger charge is 2.21. The zero-order valence-electron chi connectivity index (χ0n) is 13.1. The number of ether oxygens (including phenoxy) is 1. The number of likely N-dealkylation sites (tertiary alicyclic amines) is 1. The summed E-state index contributed by atoms with van der Waals surface area (Å²) in [6.45, 7) is 7.04. The molecule has 116 valence electrons. The van der Waals surface area contributed by atoms with Crippen LogP contribution in [0.2, 0.25) is 0 Å². The van der Waals surface area contributed by atoms with Crippen LogP contribution < -0.4 is 5.32 Å². The highest BCUT2D eigenvalue weighted by molar-refractivity contribution is 5.11. The maximum atomic E-state index is 5.71. The number of aromatic nitrogens is 1. The number of hydrogen-bond acceptors (Lipinski definition) is 4. The van der Waals surface area contributed by atoms with E-state index in [1.165, 1.54) is 24.2 Å². The zero-order valence-corrected chi connectivity index (χ0v) is 13.1. The number of rotatable bonds is 7. The molecule has 0 bridgehead atoms. The third-order valence-electron chi connectivity index (χ3n) is 4.34. The topological polar surface area (TPSA) is 37.4 Å². The molecule has 0 unspecified atom stereocenters. The fourth-order valence-electron chi connectivity index (χ4n) is 2.95. The molecule has 1 saturated heterocycles. The number of nitrogens with one attached hydrogen (secondary N) is 1. The predicted octanol–water partition coefficient (Wildman–Crippen LogP) is 2.33. The van der Waals surface area contributed by atoms with Crippen LogP contribution in [0.25, 0.3) is 0 Å². The molecule has 1 aromatic rings. The molecule has 0 spiro atoms. The minimum atomic E-state index is 0.466. The Bertz CT molecular complexity index is 439. The van der Waals surface area contributed by atoms with Gasteiger partial charge in [-0.2, -0.15) is 0 Å². The predicted molar refractivity (Wildman–Crippen MR) is 84.0 cm³/mol. The van der Waals surface area contributed by atoms with Gasteiger partial charge in [0.05, 0.1) is 17.5 Å². The second-order valence-electron chi connectivity index (χ2n) is 6.21. The van der Waals surface area contributed by atoms with Crippen LogP contribution in [0.4, 0.5) is 0 Å². The van der Waals surface area contributed by atoms with Gasteiger partial charge in [-0.3, -0.25) is 9.88 Å². The van der Waals surface area contributed by atoms with Crippen molar-refractivity contribution >= 4 is 0 Å². The fourth-order valence-corrected chi connectivity index (χ4v) is 2.95. The molecule has 3 rings (SSSR count). The monoisotopic (exact) mass is 289 g/mol. The summed E-state index contributed by atoms with van der Waals surface area (Å²) in [7, 11) is 0. The van der Waals surface area contributed by atoms with Gasteiger partial charge in [0, 0.05) is 38.8 Å². The van der Waals surface area contributed by atoms with Gasteiger partial charge in [-0.25, -0.2) is 0 Å². The van der Waals surface area contributed by atoms with Gasteiger partial charge in [-0.15, -0.1) is 0 Å². The smallest absolute Gasteiger partial charge is 0.0599 e. The molecule has 0 amide bonds. The summed E-state index contributed by atoms with van der Waals surface area (Å²) in [6.07, 6.45) is 5.42. The summed E-state index contributed by atoms with van der Waals surface area (Å²) >= 11 is 0. The van der Waals surface area contributed by atoms with Crippen molar-refractivity contribution in [3.63, 3.8) is 0 Å². The molecule has 4 heteroatoms. The molecule has 4 nitrogen and oxygen atoms in total. The molecule has 1 N–H and O–H groups in total. The van der Waals surface area contributed by atoms with Crippen molar-refractivity contribution in [3.8, 4) is 0 Å². The molecule has 2 fully saturated rings. The Balaban J connectivity index is 1.47. The van der Waals surface area contributed by atoms with E-state index in [0.29, 0.717) is 6.10 Å². The summed E-state index contributed by atoms with van der Waals surface area (Å²) in [4.78, 5) is 7.28. The van der Waals surface area contributed by atoms with Gasteiger partial charge < -0.3 is 10.1 Å². The van der Waals surface area contributed by atoms with Crippen molar-refractivity contribution < 1.29 is 4.74 Å². The van der Waals surface area contributed by atoms with Crippen molar-refractivity contribution in [2.45, 2.75) is 57.8 Å². The average Bonchev–Trinajstić information content (AvgIpc) is 3.32. The third-order valence-corrected chi connectivity index (χ3v) is 4.34. The standard InChI is InChI=1S/C17H27N3O/c1-2-21-17-8-10-20(11-9-17)13-16-5-3-4-15(19-16)12-18-14-6-7-14/h3-5,14,17-18H,2,6-13H2,1H3. The Morgan fingerprint density at radius 3 is 2.67 bits per heavy atom. The first-order chi connectivity index (χ1) is 10.3. The molecule has 1 aliphatic carbocycles. The summed E-state index contributed by atoms with van der Waals surface area (Å²) in [6, 6.07) is 7.15. The second-order valence-corrected chi connectivity index (χ2v) is 6.21. The molecular formula is C17H27N3O. The highest BCUT2D eigenvalue weighted by Crippen LogP contribution is 2.19. The van der Waals surface area contributed by atoms with Gasteiger partial charge in [-0.05, 0) is 44.7 Å². The molecular weight excluding hydrogens is 262 g/mol. The molecule has 0 atom stereocenters. The van der Waals surface area contributed by atoms with Crippen LogP contribution >= 0.6 is 0 Å². The maximum absolute atomic E-state index is 5.71. The lowest BCUT2D eigenvalue weighted by molar-refractivity contribution is 0.0122. The lowest BCUT2D eigenvalue weighted by atomic mass is 10.1. The van der Waals surface area contributed by atoms with E-state index in [-0.39, 0.29) is 0 Å². The molecule has 0 radical (unpaired) electrons. The van der Waals surface area contributed by atoms with E-state index in [1.807, 2.05) is 0 Å². The third kappa shape index (κ3) is 4.77. The number of hydrogen-bond donors (Lipinski definition) is 1. The molecule has 2 aliphatic rings. The normalized spacial score (nSPS) is 20.8. The molecule has 0 aromatic carbocycles. The minimum Gasteiger partial charge on any atom is -0.378 e.